The number of likely N-dealkylation sites (N-methyl/N-ethyl adjacent to an activating group) is 2. The molecule has 0 N–H and O–H groups in total. The number of hydrogen-bond donors (Lipinski definition) is 0. The first kappa shape index (κ1) is 11.5. The number of nitrogens with zero attached hydrogens (tertiary/aromatic N) is 2. The molecule has 0 saturated carbocycles. The highest BCUT2D eigenvalue weighted by Crippen LogP contribution is 2.17. The van der Waals surface area contributed by atoms with E-state index < -0.39 is 0 Å². The summed E-state index contributed by atoms with van der Waals surface area (Å²) in [5.41, 5.74) is 0. The molecule has 14 heavy (non-hydrogen) atoms. The van der Waals surface area contributed by atoms with E-state index in [0.717, 1.165) is 25.9 Å². The third-order valence-electron chi connectivity index (χ3n) is 2.83. The zero-order chi connectivity index (χ0) is 10.7. The number of rotatable bonds is 4. The maximum Gasteiger partial charge on any atom is 0.222 e. The van der Waals surface area contributed by atoms with Crippen molar-refractivity contribution < 1.29 is 4.79 Å². The smallest absolute Gasteiger partial charge is 0.222 e. The van der Waals surface area contributed by atoms with Crippen LogP contribution in [-0.2, 0) is 4.79 Å². The lowest BCUT2D eigenvalue weighted by Gasteiger charge is -2.26. The van der Waals surface area contributed by atoms with E-state index in [2.05, 4.69) is 25.8 Å². The van der Waals surface area contributed by atoms with Crippen molar-refractivity contribution in [2.45, 2.75) is 32.7 Å². The van der Waals surface area contributed by atoms with Crippen LogP contribution in [0.2, 0.25) is 0 Å². The van der Waals surface area contributed by atoms with Crippen molar-refractivity contribution in [2.24, 2.45) is 5.92 Å². The molecule has 82 valence electrons. The number of amides is 1. The number of hydrogen-bond acceptors (Lipinski definition) is 2. The van der Waals surface area contributed by atoms with Crippen LogP contribution >= 0.6 is 0 Å². The fourth-order valence-electron chi connectivity index (χ4n) is 2.14. The Kier molecular flexibility index (Phi) is 3.93. The molecule has 1 atom stereocenters. The van der Waals surface area contributed by atoms with E-state index in [1.807, 2.05) is 11.9 Å². The van der Waals surface area contributed by atoms with Crippen LogP contribution in [0, 0.1) is 5.92 Å². The molecule has 1 aliphatic heterocycles. The van der Waals surface area contributed by atoms with Crippen molar-refractivity contribution in [1.82, 2.24) is 9.80 Å². The summed E-state index contributed by atoms with van der Waals surface area (Å²) in [5, 5.41) is 0. The Bertz CT molecular complexity index is 203. The van der Waals surface area contributed by atoms with Crippen LogP contribution < -0.4 is 0 Å². The Morgan fingerprint density at radius 1 is 1.57 bits per heavy atom. The first-order valence-corrected chi connectivity index (χ1v) is 5.45. The van der Waals surface area contributed by atoms with Crippen LogP contribution in [0.4, 0.5) is 0 Å². The summed E-state index contributed by atoms with van der Waals surface area (Å²) in [5.74, 6) is 0.996. The highest BCUT2D eigenvalue weighted by molar-refractivity contribution is 5.78. The van der Waals surface area contributed by atoms with Gasteiger partial charge in [0.05, 0.1) is 0 Å². The molecule has 0 bridgehead atoms. The maximum absolute atomic E-state index is 11.3. The molecule has 0 radical (unpaired) electrons. The summed E-state index contributed by atoms with van der Waals surface area (Å²) in [4.78, 5) is 15.5. The second-order valence-electron chi connectivity index (χ2n) is 4.81. The zero-order valence-electron chi connectivity index (χ0n) is 9.79. The average molecular weight is 198 g/mol. The lowest BCUT2D eigenvalue weighted by molar-refractivity contribution is -0.127. The quantitative estimate of drug-likeness (QED) is 0.677. The van der Waals surface area contributed by atoms with Crippen molar-refractivity contribution in [3.05, 3.63) is 0 Å². The van der Waals surface area contributed by atoms with Gasteiger partial charge in [-0.2, -0.15) is 0 Å². The van der Waals surface area contributed by atoms with Gasteiger partial charge in [-0.1, -0.05) is 13.8 Å². The third-order valence-corrected chi connectivity index (χ3v) is 2.83. The fourth-order valence-corrected chi connectivity index (χ4v) is 2.14. The summed E-state index contributed by atoms with van der Waals surface area (Å²) in [6.45, 7) is 6.57. The van der Waals surface area contributed by atoms with Gasteiger partial charge in [0, 0.05) is 32.6 Å². The Balaban J connectivity index is 2.33. The molecular weight excluding hydrogens is 176 g/mol. The molecule has 3 nitrogen and oxygen atoms in total. The Morgan fingerprint density at radius 2 is 2.21 bits per heavy atom. The molecule has 0 spiro atoms. The van der Waals surface area contributed by atoms with Crippen LogP contribution in [0.3, 0.4) is 0 Å². The standard InChI is InChI=1S/C11H22N2O/c1-9(2)7-12(3)8-10-5-6-11(14)13(10)4/h9-10H,5-8H2,1-4H3/t10-/m1/s1. The van der Waals surface area contributed by atoms with Gasteiger partial charge >= 0.3 is 0 Å². The van der Waals surface area contributed by atoms with E-state index in [4.69, 9.17) is 0 Å². The first-order valence-electron chi connectivity index (χ1n) is 5.45. The van der Waals surface area contributed by atoms with Gasteiger partial charge < -0.3 is 9.80 Å². The van der Waals surface area contributed by atoms with Gasteiger partial charge in [-0.05, 0) is 19.4 Å². The summed E-state index contributed by atoms with van der Waals surface area (Å²) < 4.78 is 0. The van der Waals surface area contributed by atoms with Gasteiger partial charge in [0.15, 0.2) is 0 Å². The molecule has 1 saturated heterocycles. The predicted molar refractivity (Wildman–Crippen MR) is 58.1 cm³/mol. The van der Waals surface area contributed by atoms with E-state index in [0.29, 0.717) is 17.9 Å². The van der Waals surface area contributed by atoms with Crippen LogP contribution in [-0.4, -0.2) is 48.9 Å². The molecule has 0 aromatic carbocycles. The molecule has 1 rings (SSSR count). The zero-order valence-corrected chi connectivity index (χ0v) is 9.79. The van der Waals surface area contributed by atoms with E-state index >= 15 is 0 Å². The lowest BCUT2D eigenvalue weighted by atomic mass is 10.1. The van der Waals surface area contributed by atoms with Crippen molar-refractivity contribution >= 4 is 5.91 Å². The second kappa shape index (κ2) is 4.78. The van der Waals surface area contributed by atoms with Crippen LogP contribution in [0.25, 0.3) is 0 Å². The van der Waals surface area contributed by atoms with E-state index in [1.165, 1.54) is 0 Å². The highest BCUT2D eigenvalue weighted by atomic mass is 16.2. The SMILES string of the molecule is CC(C)CN(C)C[C@H]1CCC(=O)N1C. The molecule has 0 aliphatic carbocycles. The van der Waals surface area contributed by atoms with Crippen LogP contribution in [0.15, 0.2) is 0 Å². The topological polar surface area (TPSA) is 23.6 Å². The van der Waals surface area contributed by atoms with Gasteiger partial charge in [-0.3, -0.25) is 4.79 Å². The average Bonchev–Trinajstić information content (AvgIpc) is 2.34. The molecule has 1 heterocycles. The van der Waals surface area contributed by atoms with Gasteiger partial charge in [0.1, 0.15) is 0 Å². The highest BCUT2D eigenvalue weighted by Gasteiger charge is 2.28. The largest absolute Gasteiger partial charge is 0.341 e. The molecule has 1 fully saturated rings. The minimum Gasteiger partial charge on any atom is -0.341 e. The molecule has 0 unspecified atom stereocenters. The van der Waals surface area contributed by atoms with Gasteiger partial charge in [0.25, 0.3) is 0 Å². The van der Waals surface area contributed by atoms with Gasteiger partial charge in [-0.15, -0.1) is 0 Å². The van der Waals surface area contributed by atoms with Crippen molar-refractivity contribution in [3.8, 4) is 0 Å². The minimum absolute atomic E-state index is 0.299. The number of carbonyl (C=O) groups is 1. The Hall–Kier alpha value is -0.570. The van der Waals surface area contributed by atoms with Crippen LogP contribution in [0.5, 0.6) is 0 Å². The van der Waals surface area contributed by atoms with Crippen molar-refractivity contribution in [1.29, 1.82) is 0 Å². The summed E-state index contributed by atoms with van der Waals surface area (Å²) in [6, 6.07) is 0.436. The van der Waals surface area contributed by atoms with Gasteiger partial charge in [0.2, 0.25) is 5.91 Å². The summed E-state index contributed by atoms with van der Waals surface area (Å²) in [7, 11) is 4.06. The van der Waals surface area contributed by atoms with E-state index in [-0.39, 0.29) is 0 Å². The monoisotopic (exact) mass is 198 g/mol. The minimum atomic E-state index is 0.299. The fraction of sp³-hybridized carbons (Fsp3) is 0.909. The second-order valence-corrected chi connectivity index (χ2v) is 4.81. The molecule has 3 heteroatoms. The summed E-state index contributed by atoms with van der Waals surface area (Å²) >= 11 is 0. The third kappa shape index (κ3) is 2.98. The van der Waals surface area contributed by atoms with Crippen molar-refractivity contribution in [3.63, 3.8) is 0 Å². The lowest BCUT2D eigenvalue weighted by Crippen LogP contribution is -2.39. The molecule has 1 aliphatic rings. The normalized spacial score (nSPS) is 22.9. The van der Waals surface area contributed by atoms with Crippen LogP contribution in [0.1, 0.15) is 26.7 Å². The molecular formula is C11H22N2O. The molecule has 1 amide bonds. The number of carbonyl (C=O) groups excluding carboxylic acids is 1. The predicted octanol–water partition coefficient (Wildman–Crippen LogP) is 1.20. The Labute approximate surface area is 87.1 Å². The maximum atomic E-state index is 11.3. The first-order chi connectivity index (χ1) is 6.50. The molecule has 0 aromatic heterocycles. The molecule has 0 aromatic rings. The van der Waals surface area contributed by atoms with Gasteiger partial charge in [-0.25, -0.2) is 0 Å². The number of likely N-dealkylation sites (tertiary alicyclic amines) is 1. The van der Waals surface area contributed by atoms with Crippen molar-refractivity contribution in [2.75, 3.05) is 27.2 Å². The van der Waals surface area contributed by atoms with E-state index in [1.54, 1.807) is 0 Å². The van der Waals surface area contributed by atoms with E-state index in [9.17, 15) is 4.79 Å². The Morgan fingerprint density at radius 3 is 2.64 bits per heavy atom. The summed E-state index contributed by atoms with van der Waals surface area (Å²) in [6.07, 6.45) is 1.76.